The van der Waals surface area contributed by atoms with Gasteiger partial charge in [-0.25, -0.2) is 0 Å². The zero-order valence-corrected chi connectivity index (χ0v) is 11.5. The molecule has 1 N–H and O–H groups in total. The molecule has 1 fully saturated rings. The first-order chi connectivity index (χ1) is 7.73. The Bertz CT molecular complexity index is 176. The van der Waals surface area contributed by atoms with Crippen molar-refractivity contribution in [1.29, 1.82) is 0 Å². The summed E-state index contributed by atoms with van der Waals surface area (Å²) >= 11 is 0. The summed E-state index contributed by atoms with van der Waals surface area (Å²) < 4.78 is 0. The number of piperazine rings is 1. The lowest BCUT2D eigenvalue weighted by Crippen LogP contribution is -2.54. The fraction of sp³-hybridized carbons (Fsp3) is 1.00. The van der Waals surface area contributed by atoms with Crippen LogP contribution in [0.25, 0.3) is 0 Å². The van der Waals surface area contributed by atoms with E-state index >= 15 is 0 Å². The average molecular weight is 226 g/mol. The van der Waals surface area contributed by atoms with Gasteiger partial charge in [-0.15, -0.1) is 0 Å². The molecular formula is C14H30N2. The van der Waals surface area contributed by atoms with Crippen LogP contribution in [0.5, 0.6) is 0 Å². The standard InChI is InChI=1S/C14H30N2/c1-4-6-7-8-9-14(3,5-2)16-12-10-15-11-13-16/h15H,4-13H2,1-3H3. The van der Waals surface area contributed by atoms with E-state index in [2.05, 4.69) is 31.0 Å². The van der Waals surface area contributed by atoms with Crippen LogP contribution in [0.3, 0.4) is 0 Å². The van der Waals surface area contributed by atoms with Gasteiger partial charge in [-0.3, -0.25) is 4.90 Å². The van der Waals surface area contributed by atoms with E-state index in [0.717, 1.165) is 0 Å². The fourth-order valence-electron chi connectivity index (χ4n) is 2.70. The second-order valence-electron chi connectivity index (χ2n) is 5.40. The van der Waals surface area contributed by atoms with Gasteiger partial charge in [-0.05, 0) is 19.8 Å². The number of hydrogen-bond donors (Lipinski definition) is 1. The van der Waals surface area contributed by atoms with Crippen molar-refractivity contribution >= 4 is 0 Å². The molecule has 2 nitrogen and oxygen atoms in total. The van der Waals surface area contributed by atoms with Crippen LogP contribution in [0, 0.1) is 0 Å². The Kier molecular flexibility index (Phi) is 6.37. The van der Waals surface area contributed by atoms with Gasteiger partial charge >= 0.3 is 0 Å². The topological polar surface area (TPSA) is 15.3 Å². The van der Waals surface area contributed by atoms with Crippen molar-refractivity contribution in [2.75, 3.05) is 26.2 Å². The SMILES string of the molecule is CCCCCCC(C)(CC)N1CCNCC1. The van der Waals surface area contributed by atoms with Crippen LogP contribution in [0.4, 0.5) is 0 Å². The van der Waals surface area contributed by atoms with Crippen molar-refractivity contribution in [2.45, 2.75) is 64.8 Å². The highest BCUT2D eigenvalue weighted by Crippen LogP contribution is 2.26. The molecule has 0 aromatic carbocycles. The van der Waals surface area contributed by atoms with Gasteiger partial charge in [-0.1, -0.05) is 39.5 Å². The molecule has 1 aliphatic heterocycles. The molecule has 1 saturated heterocycles. The van der Waals surface area contributed by atoms with Crippen molar-refractivity contribution in [2.24, 2.45) is 0 Å². The fourth-order valence-corrected chi connectivity index (χ4v) is 2.70. The predicted molar refractivity (Wildman–Crippen MR) is 71.9 cm³/mol. The molecule has 96 valence electrons. The first kappa shape index (κ1) is 14.0. The van der Waals surface area contributed by atoms with Crippen molar-refractivity contribution in [1.82, 2.24) is 10.2 Å². The predicted octanol–water partition coefficient (Wildman–Crippen LogP) is 3.03. The molecule has 0 bridgehead atoms. The lowest BCUT2D eigenvalue weighted by molar-refractivity contribution is 0.0739. The minimum Gasteiger partial charge on any atom is -0.314 e. The third-order valence-electron chi connectivity index (χ3n) is 4.21. The Morgan fingerprint density at radius 3 is 2.31 bits per heavy atom. The summed E-state index contributed by atoms with van der Waals surface area (Å²) in [5, 5.41) is 3.45. The van der Waals surface area contributed by atoms with Crippen LogP contribution in [-0.2, 0) is 0 Å². The summed E-state index contributed by atoms with van der Waals surface area (Å²) in [4.78, 5) is 2.70. The highest BCUT2D eigenvalue weighted by atomic mass is 15.2. The molecule has 0 aromatic rings. The van der Waals surface area contributed by atoms with E-state index in [9.17, 15) is 0 Å². The monoisotopic (exact) mass is 226 g/mol. The highest BCUT2D eigenvalue weighted by molar-refractivity contribution is 4.87. The molecule has 1 unspecified atom stereocenters. The lowest BCUT2D eigenvalue weighted by atomic mass is 9.89. The highest BCUT2D eigenvalue weighted by Gasteiger charge is 2.29. The number of unbranched alkanes of at least 4 members (excludes halogenated alkanes) is 3. The summed E-state index contributed by atoms with van der Waals surface area (Å²) in [6.45, 7) is 11.9. The molecule has 1 rings (SSSR count). The number of nitrogens with one attached hydrogen (secondary N) is 1. The van der Waals surface area contributed by atoms with E-state index in [-0.39, 0.29) is 0 Å². The lowest BCUT2D eigenvalue weighted by Gasteiger charge is -2.43. The van der Waals surface area contributed by atoms with Crippen LogP contribution in [0.15, 0.2) is 0 Å². The average Bonchev–Trinajstić information content (AvgIpc) is 2.35. The molecule has 0 spiro atoms. The van der Waals surface area contributed by atoms with Gasteiger partial charge < -0.3 is 5.32 Å². The summed E-state index contributed by atoms with van der Waals surface area (Å²) in [7, 11) is 0. The largest absolute Gasteiger partial charge is 0.314 e. The van der Waals surface area contributed by atoms with Crippen LogP contribution in [0.2, 0.25) is 0 Å². The Labute approximate surface area is 102 Å². The van der Waals surface area contributed by atoms with Gasteiger partial charge in [-0.2, -0.15) is 0 Å². The van der Waals surface area contributed by atoms with E-state index in [1.807, 2.05) is 0 Å². The van der Waals surface area contributed by atoms with Gasteiger partial charge in [0.25, 0.3) is 0 Å². The van der Waals surface area contributed by atoms with Crippen LogP contribution in [0.1, 0.15) is 59.3 Å². The quantitative estimate of drug-likeness (QED) is 0.671. The van der Waals surface area contributed by atoms with Gasteiger partial charge in [0.05, 0.1) is 0 Å². The van der Waals surface area contributed by atoms with Gasteiger partial charge in [0.15, 0.2) is 0 Å². The van der Waals surface area contributed by atoms with Crippen LogP contribution < -0.4 is 5.32 Å². The molecule has 1 atom stereocenters. The maximum Gasteiger partial charge on any atom is 0.0179 e. The smallest absolute Gasteiger partial charge is 0.0179 e. The van der Waals surface area contributed by atoms with E-state index in [1.54, 1.807) is 0 Å². The summed E-state index contributed by atoms with van der Waals surface area (Å²) in [6.07, 6.45) is 8.24. The molecule has 0 saturated carbocycles. The summed E-state index contributed by atoms with van der Waals surface area (Å²) in [5.74, 6) is 0. The third-order valence-corrected chi connectivity index (χ3v) is 4.21. The Hall–Kier alpha value is -0.0800. The molecule has 0 aliphatic carbocycles. The van der Waals surface area contributed by atoms with Gasteiger partial charge in [0, 0.05) is 31.7 Å². The van der Waals surface area contributed by atoms with E-state index in [4.69, 9.17) is 0 Å². The number of hydrogen-bond acceptors (Lipinski definition) is 2. The maximum atomic E-state index is 3.45. The Balaban J connectivity index is 2.35. The second kappa shape index (κ2) is 7.29. The van der Waals surface area contributed by atoms with Crippen molar-refractivity contribution in [3.63, 3.8) is 0 Å². The normalized spacial score (nSPS) is 21.9. The molecule has 0 amide bonds. The molecule has 16 heavy (non-hydrogen) atoms. The van der Waals surface area contributed by atoms with Gasteiger partial charge in [0.2, 0.25) is 0 Å². The zero-order chi connectivity index (χ0) is 11.9. The van der Waals surface area contributed by atoms with Gasteiger partial charge in [0.1, 0.15) is 0 Å². The molecular weight excluding hydrogens is 196 g/mol. The summed E-state index contributed by atoms with van der Waals surface area (Å²) in [6, 6.07) is 0. The molecule has 0 radical (unpaired) electrons. The summed E-state index contributed by atoms with van der Waals surface area (Å²) in [5.41, 5.74) is 0.454. The van der Waals surface area contributed by atoms with E-state index < -0.39 is 0 Å². The number of nitrogens with zero attached hydrogens (tertiary/aromatic N) is 1. The van der Waals surface area contributed by atoms with E-state index in [1.165, 1.54) is 64.7 Å². The minimum absolute atomic E-state index is 0.454. The Morgan fingerprint density at radius 1 is 1.06 bits per heavy atom. The second-order valence-corrected chi connectivity index (χ2v) is 5.40. The molecule has 0 aromatic heterocycles. The minimum atomic E-state index is 0.454. The van der Waals surface area contributed by atoms with E-state index in [0.29, 0.717) is 5.54 Å². The molecule has 2 heteroatoms. The van der Waals surface area contributed by atoms with Crippen LogP contribution >= 0.6 is 0 Å². The van der Waals surface area contributed by atoms with Crippen molar-refractivity contribution in [3.05, 3.63) is 0 Å². The van der Waals surface area contributed by atoms with Crippen molar-refractivity contribution in [3.8, 4) is 0 Å². The van der Waals surface area contributed by atoms with Crippen molar-refractivity contribution < 1.29 is 0 Å². The maximum absolute atomic E-state index is 3.45. The zero-order valence-electron chi connectivity index (χ0n) is 11.5. The first-order valence-electron chi connectivity index (χ1n) is 7.18. The number of rotatable bonds is 7. The first-order valence-corrected chi connectivity index (χ1v) is 7.18. The Morgan fingerprint density at radius 2 is 1.75 bits per heavy atom. The third kappa shape index (κ3) is 4.06. The van der Waals surface area contributed by atoms with Crippen LogP contribution in [-0.4, -0.2) is 36.6 Å². The molecule has 1 aliphatic rings. The molecule has 1 heterocycles.